The lowest BCUT2D eigenvalue weighted by Gasteiger charge is -2.19. The van der Waals surface area contributed by atoms with E-state index in [2.05, 4.69) is 29.1 Å². The van der Waals surface area contributed by atoms with Crippen LogP contribution in [0.5, 0.6) is 0 Å². The van der Waals surface area contributed by atoms with E-state index in [0.29, 0.717) is 5.56 Å². The second kappa shape index (κ2) is 11.0. The molecule has 0 aliphatic rings. The van der Waals surface area contributed by atoms with Gasteiger partial charge in [-0.05, 0) is 53.3 Å². The monoisotopic (exact) mass is 467 g/mol. The SMILES string of the molecule is CCCc1ccc(C(NC(=O)c2ccc(S(=O)(=O)NCCC#N)cc2)c2cccs2)cc1. The van der Waals surface area contributed by atoms with E-state index in [1.807, 2.05) is 35.7 Å². The first-order valence-corrected chi connectivity index (χ1v) is 12.7. The second-order valence-electron chi connectivity index (χ2n) is 7.24. The van der Waals surface area contributed by atoms with Crippen molar-refractivity contribution in [3.63, 3.8) is 0 Å². The lowest BCUT2D eigenvalue weighted by atomic mass is 10.0. The minimum Gasteiger partial charge on any atom is -0.340 e. The molecule has 32 heavy (non-hydrogen) atoms. The summed E-state index contributed by atoms with van der Waals surface area (Å²) in [6.07, 6.45) is 2.17. The van der Waals surface area contributed by atoms with Gasteiger partial charge in [0.05, 0.1) is 17.0 Å². The summed E-state index contributed by atoms with van der Waals surface area (Å²) in [5, 5.41) is 13.6. The molecule has 0 aliphatic carbocycles. The van der Waals surface area contributed by atoms with E-state index >= 15 is 0 Å². The molecule has 0 radical (unpaired) electrons. The number of nitrogens with zero attached hydrogens (tertiary/aromatic N) is 1. The van der Waals surface area contributed by atoms with Crippen molar-refractivity contribution in [3.05, 3.63) is 87.6 Å². The summed E-state index contributed by atoms with van der Waals surface area (Å²) in [5.74, 6) is -0.289. The van der Waals surface area contributed by atoms with Gasteiger partial charge < -0.3 is 5.32 Å². The molecule has 0 saturated heterocycles. The number of carbonyl (C=O) groups is 1. The third kappa shape index (κ3) is 6.04. The summed E-state index contributed by atoms with van der Waals surface area (Å²) in [6.45, 7) is 2.18. The normalized spacial score (nSPS) is 12.1. The number of carbonyl (C=O) groups excluding carboxylic acids is 1. The maximum Gasteiger partial charge on any atom is 0.252 e. The van der Waals surface area contributed by atoms with Gasteiger partial charge in [0.1, 0.15) is 0 Å². The molecule has 3 aromatic rings. The smallest absolute Gasteiger partial charge is 0.252 e. The predicted molar refractivity (Wildman–Crippen MR) is 126 cm³/mol. The maximum absolute atomic E-state index is 13.0. The van der Waals surface area contributed by atoms with E-state index < -0.39 is 10.0 Å². The Hall–Kier alpha value is -2.99. The Balaban J connectivity index is 1.77. The fraction of sp³-hybridized carbons (Fsp3) is 0.250. The van der Waals surface area contributed by atoms with Crippen LogP contribution in [0, 0.1) is 11.3 Å². The number of hydrogen-bond donors (Lipinski definition) is 2. The van der Waals surface area contributed by atoms with Crippen LogP contribution in [0.25, 0.3) is 0 Å². The fourth-order valence-electron chi connectivity index (χ4n) is 3.26. The summed E-state index contributed by atoms with van der Waals surface area (Å²) in [6, 6.07) is 19.5. The molecule has 0 fully saturated rings. The van der Waals surface area contributed by atoms with Crippen LogP contribution in [0.4, 0.5) is 0 Å². The highest BCUT2D eigenvalue weighted by Crippen LogP contribution is 2.27. The van der Waals surface area contributed by atoms with Crippen LogP contribution in [0.15, 0.2) is 70.9 Å². The third-order valence-electron chi connectivity index (χ3n) is 4.91. The Labute approximate surface area is 193 Å². The number of aryl methyl sites for hydroxylation is 1. The molecular formula is C24H25N3O3S2. The number of rotatable bonds is 10. The molecule has 1 unspecified atom stereocenters. The van der Waals surface area contributed by atoms with Crippen molar-refractivity contribution in [2.24, 2.45) is 0 Å². The van der Waals surface area contributed by atoms with Crippen molar-refractivity contribution in [2.45, 2.75) is 37.1 Å². The van der Waals surface area contributed by atoms with Gasteiger partial charge in [-0.3, -0.25) is 4.79 Å². The van der Waals surface area contributed by atoms with Gasteiger partial charge in [0, 0.05) is 23.4 Å². The zero-order chi connectivity index (χ0) is 23.0. The van der Waals surface area contributed by atoms with E-state index in [1.54, 1.807) is 11.3 Å². The first kappa shape index (κ1) is 23.7. The van der Waals surface area contributed by atoms with Crippen molar-refractivity contribution in [3.8, 4) is 6.07 Å². The molecule has 166 valence electrons. The quantitative estimate of drug-likeness (QED) is 0.431. The fourth-order valence-corrected chi connectivity index (χ4v) is 5.10. The van der Waals surface area contributed by atoms with Gasteiger partial charge in [0.2, 0.25) is 10.0 Å². The minimum atomic E-state index is -3.72. The highest BCUT2D eigenvalue weighted by atomic mass is 32.2. The molecule has 1 heterocycles. The molecule has 0 saturated carbocycles. The number of hydrogen-bond acceptors (Lipinski definition) is 5. The Bertz CT molecular complexity index is 1160. The Morgan fingerprint density at radius 3 is 2.41 bits per heavy atom. The zero-order valence-electron chi connectivity index (χ0n) is 17.7. The second-order valence-corrected chi connectivity index (χ2v) is 9.99. The van der Waals surface area contributed by atoms with E-state index in [-0.39, 0.29) is 29.8 Å². The van der Waals surface area contributed by atoms with Crippen molar-refractivity contribution in [1.82, 2.24) is 10.0 Å². The van der Waals surface area contributed by atoms with Gasteiger partial charge in [0.15, 0.2) is 0 Å². The molecule has 0 bridgehead atoms. The molecule has 2 aromatic carbocycles. The summed E-state index contributed by atoms with van der Waals surface area (Å²) in [7, 11) is -3.72. The number of sulfonamides is 1. The van der Waals surface area contributed by atoms with Crippen molar-refractivity contribution in [1.29, 1.82) is 5.26 Å². The van der Waals surface area contributed by atoms with Crippen molar-refractivity contribution < 1.29 is 13.2 Å². The third-order valence-corrected chi connectivity index (χ3v) is 7.32. The molecule has 3 rings (SSSR count). The Morgan fingerprint density at radius 1 is 1.09 bits per heavy atom. The molecule has 1 aromatic heterocycles. The van der Waals surface area contributed by atoms with E-state index in [1.165, 1.54) is 29.8 Å². The van der Waals surface area contributed by atoms with Crippen LogP contribution in [-0.2, 0) is 16.4 Å². The number of nitrogens with one attached hydrogen (secondary N) is 2. The summed E-state index contributed by atoms with van der Waals surface area (Å²) in [4.78, 5) is 14.0. The molecule has 0 aliphatic heterocycles. The van der Waals surface area contributed by atoms with Crippen molar-refractivity contribution >= 4 is 27.3 Å². The lowest BCUT2D eigenvalue weighted by Crippen LogP contribution is -2.29. The van der Waals surface area contributed by atoms with Gasteiger partial charge in [0.25, 0.3) is 5.91 Å². The molecule has 1 atom stereocenters. The maximum atomic E-state index is 13.0. The molecule has 0 spiro atoms. The van der Waals surface area contributed by atoms with E-state index in [0.717, 1.165) is 23.3 Å². The average Bonchev–Trinajstić information content (AvgIpc) is 3.33. The van der Waals surface area contributed by atoms with Crippen LogP contribution in [0.1, 0.15) is 52.2 Å². The van der Waals surface area contributed by atoms with Crippen LogP contribution < -0.4 is 10.0 Å². The Morgan fingerprint density at radius 2 is 1.81 bits per heavy atom. The van der Waals surface area contributed by atoms with Gasteiger partial charge in [-0.2, -0.15) is 5.26 Å². The highest BCUT2D eigenvalue weighted by Gasteiger charge is 2.20. The zero-order valence-corrected chi connectivity index (χ0v) is 19.4. The van der Waals surface area contributed by atoms with Crippen LogP contribution >= 0.6 is 11.3 Å². The minimum absolute atomic E-state index is 0.0423. The standard InChI is InChI=1S/C24H25N3O3S2/c1-2-5-18-7-9-19(10-8-18)23(22-6-3-17-31-22)27-24(28)20-11-13-21(14-12-20)32(29,30)26-16-4-15-25/h3,6-14,17,23,26H,2,4-5,16H2,1H3,(H,27,28). The van der Waals surface area contributed by atoms with E-state index in [4.69, 9.17) is 5.26 Å². The largest absolute Gasteiger partial charge is 0.340 e. The van der Waals surface area contributed by atoms with Crippen molar-refractivity contribution in [2.75, 3.05) is 6.54 Å². The molecular weight excluding hydrogens is 442 g/mol. The van der Waals surface area contributed by atoms with Gasteiger partial charge in [-0.1, -0.05) is 43.7 Å². The number of amides is 1. The van der Waals surface area contributed by atoms with Gasteiger partial charge in [-0.25, -0.2) is 13.1 Å². The summed E-state index contributed by atoms with van der Waals surface area (Å²) < 4.78 is 26.9. The first-order valence-electron chi connectivity index (χ1n) is 10.3. The van der Waals surface area contributed by atoms with Crippen LogP contribution in [-0.4, -0.2) is 20.9 Å². The summed E-state index contributed by atoms with van der Waals surface area (Å²) >= 11 is 1.57. The highest BCUT2D eigenvalue weighted by molar-refractivity contribution is 7.89. The first-order chi connectivity index (χ1) is 15.4. The van der Waals surface area contributed by atoms with Crippen LogP contribution in [0.3, 0.4) is 0 Å². The van der Waals surface area contributed by atoms with Gasteiger partial charge in [-0.15, -0.1) is 11.3 Å². The number of benzene rings is 2. The predicted octanol–water partition coefficient (Wildman–Crippen LogP) is 4.41. The summed E-state index contributed by atoms with van der Waals surface area (Å²) in [5.41, 5.74) is 2.61. The number of thiophene rings is 1. The average molecular weight is 468 g/mol. The molecule has 6 nitrogen and oxygen atoms in total. The topological polar surface area (TPSA) is 99.1 Å². The molecule has 2 N–H and O–H groups in total. The van der Waals surface area contributed by atoms with Crippen LogP contribution in [0.2, 0.25) is 0 Å². The van der Waals surface area contributed by atoms with E-state index in [9.17, 15) is 13.2 Å². The lowest BCUT2D eigenvalue weighted by molar-refractivity contribution is 0.0943. The number of nitriles is 1. The van der Waals surface area contributed by atoms with Gasteiger partial charge >= 0.3 is 0 Å². The molecule has 8 heteroatoms. The molecule has 1 amide bonds. The Kier molecular flexibility index (Phi) is 8.17.